The summed E-state index contributed by atoms with van der Waals surface area (Å²) < 4.78 is 13.0. The summed E-state index contributed by atoms with van der Waals surface area (Å²) in [6.07, 6.45) is 3.76. The Morgan fingerprint density at radius 2 is 0.902 bits per heavy atom. The number of hydrogen-bond donors (Lipinski definition) is 0. The fourth-order valence-electron chi connectivity index (χ4n) is 7.77. The van der Waals surface area contributed by atoms with Crippen LogP contribution < -0.4 is 4.90 Å². The Morgan fingerprint density at radius 3 is 1.53 bits per heavy atom. The topological polar surface area (TPSA) is 42.4 Å². The van der Waals surface area contributed by atoms with Gasteiger partial charge in [0.05, 0.1) is 0 Å². The zero-order chi connectivity index (χ0) is 33.5. The van der Waals surface area contributed by atoms with E-state index in [4.69, 9.17) is 8.83 Å². The Balaban J connectivity index is 1.12. The van der Waals surface area contributed by atoms with Gasteiger partial charge in [-0.05, 0) is 100 Å². The summed E-state index contributed by atoms with van der Waals surface area (Å²) in [5, 5.41) is 11.2. The third kappa shape index (κ3) is 4.37. The van der Waals surface area contributed by atoms with Crippen molar-refractivity contribution in [3.8, 4) is 11.1 Å². The third-order valence-corrected chi connectivity index (χ3v) is 10.3. The normalized spacial score (nSPS) is 11.9. The molecule has 0 unspecified atom stereocenters. The van der Waals surface area contributed by atoms with Crippen LogP contribution in [-0.2, 0) is 0 Å². The minimum atomic E-state index is 0.895. The Hall–Kier alpha value is -6.91. The summed E-state index contributed by atoms with van der Waals surface area (Å²) in [5.74, 6) is 0. The van der Waals surface area contributed by atoms with Gasteiger partial charge in [-0.3, -0.25) is 4.98 Å². The SMILES string of the molecule is c1ccc2c(c1)oc1c3cc(N(c4ccc(-c5ccc6ccncc6c5)cc4)c4ccc5ccc6c7ccccc7oc6c5c4)ccc3ccc21. The molecule has 0 aliphatic carbocycles. The van der Waals surface area contributed by atoms with Crippen LogP contribution in [0.3, 0.4) is 0 Å². The van der Waals surface area contributed by atoms with Crippen LogP contribution in [0.2, 0.25) is 0 Å². The molecule has 0 saturated carbocycles. The second-order valence-electron chi connectivity index (χ2n) is 13.2. The van der Waals surface area contributed by atoms with Gasteiger partial charge in [0.2, 0.25) is 0 Å². The average molecular weight is 653 g/mol. The number of rotatable bonds is 4. The largest absolute Gasteiger partial charge is 0.455 e. The molecule has 0 N–H and O–H groups in total. The van der Waals surface area contributed by atoms with Gasteiger partial charge in [-0.1, -0.05) is 84.9 Å². The van der Waals surface area contributed by atoms with Crippen molar-refractivity contribution in [2.24, 2.45) is 0 Å². The standard InChI is InChI=1S/C47H28N2O2/c1-3-7-44-38(5-1)40-21-15-31-13-19-36(26-42(31)46(40)50-44)49(35-17-11-29(12-18-35)33-10-9-30-23-24-48-28-34(30)25-33)37-20-14-32-16-22-41-39-6-2-4-8-45(39)51-47(41)43(32)27-37/h1-28H. The predicted octanol–water partition coefficient (Wildman–Crippen LogP) is 13.5. The first-order chi connectivity index (χ1) is 25.2. The van der Waals surface area contributed by atoms with Crippen molar-refractivity contribution in [3.05, 3.63) is 170 Å². The van der Waals surface area contributed by atoms with E-state index in [1.54, 1.807) is 0 Å². The van der Waals surface area contributed by atoms with Gasteiger partial charge in [-0.15, -0.1) is 0 Å². The molecule has 3 aromatic heterocycles. The minimum Gasteiger partial charge on any atom is -0.455 e. The van der Waals surface area contributed by atoms with Gasteiger partial charge in [-0.2, -0.15) is 0 Å². The molecule has 0 fully saturated rings. The van der Waals surface area contributed by atoms with Gasteiger partial charge >= 0.3 is 0 Å². The summed E-state index contributed by atoms with van der Waals surface area (Å²) in [6.45, 7) is 0. The predicted molar refractivity (Wildman–Crippen MR) is 211 cm³/mol. The van der Waals surface area contributed by atoms with Crippen molar-refractivity contribution in [1.82, 2.24) is 4.98 Å². The molecule has 11 aromatic rings. The lowest BCUT2D eigenvalue weighted by atomic mass is 10.0. The Labute approximate surface area is 292 Å². The second-order valence-corrected chi connectivity index (χ2v) is 13.2. The van der Waals surface area contributed by atoms with E-state index in [9.17, 15) is 0 Å². The molecule has 51 heavy (non-hydrogen) atoms. The van der Waals surface area contributed by atoms with E-state index < -0.39 is 0 Å². The van der Waals surface area contributed by atoms with Crippen LogP contribution in [0.4, 0.5) is 17.1 Å². The minimum absolute atomic E-state index is 0.895. The Morgan fingerprint density at radius 1 is 0.373 bits per heavy atom. The van der Waals surface area contributed by atoms with Crippen molar-refractivity contribution in [1.29, 1.82) is 0 Å². The lowest BCUT2D eigenvalue weighted by Crippen LogP contribution is -2.10. The molecular formula is C47H28N2O2. The summed E-state index contributed by atoms with van der Waals surface area (Å²) in [5.41, 5.74) is 9.02. The maximum Gasteiger partial charge on any atom is 0.143 e. The molecule has 0 aliphatic heterocycles. The molecular weight excluding hydrogens is 625 g/mol. The van der Waals surface area contributed by atoms with E-state index >= 15 is 0 Å². The number of aromatic nitrogens is 1. The summed E-state index contributed by atoms with van der Waals surface area (Å²) in [6, 6.07) is 56.0. The molecule has 0 radical (unpaired) electrons. The molecule has 8 aromatic carbocycles. The second kappa shape index (κ2) is 10.8. The fraction of sp³-hybridized carbons (Fsp3) is 0. The van der Waals surface area contributed by atoms with E-state index in [0.29, 0.717) is 0 Å². The van der Waals surface area contributed by atoms with E-state index in [-0.39, 0.29) is 0 Å². The van der Waals surface area contributed by atoms with Gasteiger partial charge in [0.15, 0.2) is 0 Å². The zero-order valence-electron chi connectivity index (χ0n) is 27.4. The van der Waals surface area contributed by atoms with E-state index in [2.05, 4.69) is 137 Å². The van der Waals surface area contributed by atoms with Crippen molar-refractivity contribution < 1.29 is 8.83 Å². The Bertz CT molecular complexity index is 3000. The number of fused-ring (bicyclic) bond motifs is 11. The lowest BCUT2D eigenvalue weighted by molar-refractivity contribution is 0.672. The molecule has 4 nitrogen and oxygen atoms in total. The van der Waals surface area contributed by atoms with Crippen molar-refractivity contribution in [3.63, 3.8) is 0 Å². The maximum absolute atomic E-state index is 6.51. The monoisotopic (exact) mass is 652 g/mol. The van der Waals surface area contributed by atoms with Gasteiger partial charge in [0, 0.05) is 67.2 Å². The van der Waals surface area contributed by atoms with Crippen LogP contribution >= 0.6 is 0 Å². The number of hydrogen-bond acceptors (Lipinski definition) is 4. The number of benzene rings is 8. The highest BCUT2D eigenvalue weighted by Crippen LogP contribution is 2.42. The van der Waals surface area contributed by atoms with Crippen molar-refractivity contribution in [2.75, 3.05) is 4.90 Å². The van der Waals surface area contributed by atoms with Crippen molar-refractivity contribution in [2.45, 2.75) is 0 Å². The summed E-state index contributed by atoms with van der Waals surface area (Å²) in [7, 11) is 0. The van der Waals surface area contributed by atoms with Crippen LogP contribution in [0.15, 0.2) is 179 Å². The third-order valence-electron chi connectivity index (χ3n) is 10.3. The van der Waals surface area contributed by atoms with Crippen LogP contribution in [0.5, 0.6) is 0 Å². The number of para-hydroxylation sites is 2. The quantitative estimate of drug-likeness (QED) is 0.190. The molecule has 0 bridgehead atoms. The molecule has 3 heterocycles. The maximum atomic E-state index is 6.51. The highest BCUT2D eigenvalue weighted by molar-refractivity contribution is 6.17. The first-order valence-corrected chi connectivity index (χ1v) is 17.2. The molecule has 11 rings (SSSR count). The van der Waals surface area contributed by atoms with Crippen LogP contribution in [0.1, 0.15) is 0 Å². The molecule has 0 aliphatic rings. The highest BCUT2D eigenvalue weighted by atomic mass is 16.3. The summed E-state index contributed by atoms with van der Waals surface area (Å²) >= 11 is 0. The Kier molecular flexibility index (Phi) is 5.92. The fourth-order valence-corrected chi connectivity index (χ4v) is 7.77. The first-order valence-electron chi connectivity index (χ1n) is 17.2. The first kappa shape index (κ1) is 28.0. The molecule has 0 atom stereocenters. The van der Waals surface area contributed by atoms with E-state index in [1.165, 1.54) is 5.39 Å². The number of nitrogens with zero attached hydrogens (tertiary/aromatic N) is 2. The van der Waals surface area contributed by atoms with Crippen LogP contribution in [0.25, 0.3) is 87.3 Å². The van der Waals surface area contributed by atoms with Crippen LogP contribution in [-0.4, -0.2) is 4.98 Å². The highest BCUT2D eigenvalue weighted by Gasteiger charge is 2.18. The molecule has 0 amide bonds. The average Bonchev–Trinajstić information content (AvgIpc) is 3.77. The number of furan rings is 2. The summed E-state index contributed by atoms with van der Waals surface area (Å²) in [4.78, 5) is 6.67. The van der Waals surface area contributed by atoms with E-state index in [0.717, 1.165) is 99.0 Å². The van der Waals surface area contributed by atoms with Gasteiger partial charge in [0.25, 0.3) is 0 Å². The van der Waals surface area contributed by atoms with Gasteiger partial charge in [0.1, 0.15) is 22.3 Å². The number of anilines is 3. The molecule has 238 valence electrons. The van der Waals surface area contributed by atoms with Crippen molar-refractivity contribution >= 4 is 93.3 Å². The van der Waals surface area contributed by atoms with Gasteiger partial charge < -0.3 is 13.7 Å². The molecule has 0 saturated heterocycles. The smallest absolute Gasteiger partial charge is 0.143 e. The molecule has 4 heteroatoms. The molecule has 0 spiro atoms. The lowest BCUT2D eigenvalue weighted by Gasteiger charge is -2.26. The van der Waals surface area contributed by atoms with E-state index in [1.807, 2.05) is 42.7 Å². The van der Waals surface area contributed by atoms with Crippen LogP contribution in [0, 0.1) is 0 Å². The zero-order valence-corrected chi connectivity index (χ0v) is 27.4. The number of pyridine rings is 1. The van der Waals surface area contributed by atoms with Gasteiger partial charge in [-0.25, -0.2) is 0 Å².